The summed E-state index contributed by atoms with van der Waals surface area (Å²) < 4.78 is 0. The van der Waals surface area contributed by atoms with Crippen molar-refractivity contribution in [1.82, 2.24) is 5.32 Å². The smallest absolute Gasteiger partial charge is 0.00671 e. The zero-order valence-electron chi connectivity index (χ0n) is 14.6. The van der Waals surface area contributed by atoms with Gasteiger partial charge in [0.1, 0.15) is 0 Å². The van der Waals surface area contributed by atoms with Gasteiger partial charge in [-0.2, -0.15) is 0 Å². The molecule has 1 rings (SSSR count). The maximum atomic E-state index is 3.82. The van der Waals surface area contributed by atoms with E-state index in [1.165, 1.54) is 70.8 Å². The molecule has 0 aromatic heterocycles. The molecule has 0 heterocycles. The SMILES string of the molecule is CC(C)CCCCCCNC1CCCC(C(C)C)CC1. The second kappa shape index (κ2) is 10.7. The minimum Gasteiger partial charge on any atom is -0.314 e. The van der Waals surface area contributed by atoms with Crippen molar-refractivity contribution in [2.24, 2.45) is 17.8 Å². The van der Waals surface area contributed by atoms with Crippen molar-refractivity contribution < 1.29 is 0 Å². The average Bonchev–Trinajstić information content (AvgIpc) is 2.63. The first kappa shape index (κ1) is 18.0. The van der Waals surface area contributed by atoms with Gasteiger partial charge in [0.2, 0.25) is 0 Å². The summed E-state index contributed by atoms with van der Waals surface area (Å²) in [6, 6.07) is 0.814. The quantitative estimate of drug-likeness (QED) is 0.417. The molecule has 1 saturated carbocycles. The topological polar surface area (TPSA) is 12.0 Å². The van der Waals surface area contributed by atoms with Gasteiger partial charge in [-0.25, -0.2) is 0 Å². The van der Waals surface area contributed by atoms with E-state index < -0.39 is 0 Å². The zero-order chi connectivity index (χ0) is 14.8. The minimum atomic E-state index is 0.814. The van der Waals surface area contributed by atoms with Crippen molar-refractivity contribution in [1.29, 1.82) is 0 Å². The van der Waals surface area contributed by atoms with Gasteiger partial charge in [0, 0.05) is 6.04 Å². The van der Waals surface area contributed by atoms with E-state index in [0.717, 1.165) is 23.8 Å². The lowest BCUT2D eigenvalue weighted by atomic mass is 9.89. The molecule has 0 aliphatic heterocycles. The molecule has 0 bridgehead atoms. The van der Waals surface area contributed by atoms with Crippen LogP contribution in [0.2, 0.25) is 0 Å². The number of hydrogen-bond acceptors (Lipinski definition) is 1. The van der Waals surface area contributed by atoms with Gasteiger partial charge in [-0.1, -0.05) is 66.2 Å². The summed E-state index contributed by atoms with van der Waals surface area (Å²) >= 11 is 0. The third-order valence-electron chi connectivity index (χ3n) is 5.10. The Kier molecular flexibility index (Phi) is 9.59. The fourth-order valence-corrected chi connectivity index (χ4v) is 3.54. The zero-order valence-corrected chi connectivity index (χ0v) is 14.6. The van der Waals surface area contributed by atoms with Crippen LogP contribution < -0.4 is 5.32 Å². The molecule has 2 unspecified atom stereocenters. The molecule has 2 atom stereocenters. The van der Waals surface area contributed by atoms with Crippen LogP contribution in [0.1, 0.15) is 91.9 Å². The lowest BCUT2D eigenvalue weighted by Crippen LogP contribution is -2.29. The molecular weight excluding hydrogens is 242 g/mol. The van der Waals surface area contributed by atoms with Crippen molar-refractivity contribution in [2.45, 2.75) is 97.9 Å². The van der Waals surface area contributed by atoms with Gasteiger partial charge in [0.05, 0.1) is 0 Å². The predicted octanol–water partition coefficient (Wildman–Crippen LogP) is 5.79. The van der Waals surface area contributed by atoms with Crippen molar-refractivity contribution in [3.05, 3.63) is 0 Å². The summed E-state index contributed by atoms with van der Waals surface area (Å²) in [6.45, 7) is 10.7. The monoisotopic (exact) mass is 281 g/mol. The van der Waals surface area contributed by atoms with Gasteiger partial charge in [0.15, 0.2) is 0 Å². The van der Waals surface area contributed by atoms with E-state index in [-0.39, 0.29) is 0 Å². The van der Waals surface area contributed by atoms with E-state index in [0.29, 0.717) is 0 Å². The van der Waals surface area contributed by atoms with Crippen molar-refractivity contribution in [3.63, 3.8) is 0 Å². The van der Waals surface area contributed by atoms with Gasteiger partial charge >= 0.3 is 0 Å². The van der Waals surface area contributed by atoms with Crippen molar-refractivity contribution >= 4 is 0 Å². The number of hydrogen-bond donors (Lipinski definition) is 1. The molecule has 0 spiro atoms. The molecular formula is C19H39N. The molecule has 1 nitrogen and oxygen atoms in total. The first-order valence-electron chi connectivity index (χ1n) is 9.33. The molecule has 0 aromatic rings. The first-order chi connectivity index (χ1) is 9.59. The number of nitrogens with one attached hydrogen (secondary N) is 1. The molecule has 1 N–H and O–H groups in total. The predicted molar refractivity (Wildman–Crippen MR) is 91.1 cm³/mol. The maximum Gasteiger partial charge on any atom is 0.00671 e. The number of unbranched alkanes of at least 4 members (excludes halogenated alkanes) is 3. The second-order valence-corrected chi connectivity index (χ2v) is 7.76. The summed E-state index contributed by atoms with van der Waals surface area (Å²) in [5.74, 6) is 2.75. The molecule has 1 heteroatoms. The lowest BCUT2D eigenvalue weighted by Gasteiger charge is -2.19. The summed E-state index contributed by atoms with van der Waals surface area (Å²) in [5.41, 5.74) is 0. The average molecular weight is 282 g/mol. The first-order valence-corrected chi connectivity index (χ1v) is 9.33. The Morgan fingerprint density at radius 2 is 1.60 bits per heavy atom. The number of rotatable bonds is 9. The van der Waals surface area contributed by atoms with Crippen LogP contribution in [0.15, 0.2) is 0 Å². The van der Waals surface area contributed by atoms with Gasteiger partial charge < -0.3 is 5.32 Å². The van der Waals surface area contributed by atoms with E-state index in [1.54, 1.807) is 0 Å². The van der Waals surface area contributed by atoms with E-state index in [2.05, 4.69) is 33.0 Å². The Balaban J connectivity index is 1.99. The van der Waals surface area contributed by atoms with Crippen molar-refractivity contribution in [3.8, 4) is 0 Å². The Hall–Kier alpha value is -0.0400. The van der Waals surface area contributed by atoms with E-state index in [4.69, 9.17) is 0 Å². The molecule has 0 saturated heterocycles. The third-order valence-corrected chi connectivity index (χ3v) is 5.10. The fourth-order valence-electron chi connectivity index (χ4n) is 3.54. The van der Waals surface area contributed by atoms with E-state index >= 15 is 0 Å². The van der Waals surface area contributed by atoms with Crippen LogP contribution in [0.4, 0.5) is 0 Å². The largest absolute Gasteiger partial charge is 0.314 e. The van der Waals surface area contributed by atoms with Crippen molar-refractivity contribution in [2.75, 3.05) is 6.54 Å². The molecule has 1 aliphatic carbocycles. The van der Waals surface area contributed by atoms with Gasteiger partial charge in [0.25, 0.3) is 0 Å². The fraction of sp³-hybridized carbons (Fsp3) is 1.00. The standard InChI is InChI=1S/C19H39N/c1-16(2)10-7-5-6-8-15-20-19-12-9-11-18(13-14-19)17(3)4/h16-20H,5-15H2,1-4H3. The second-order valence-electron chi connectivity index (χ2n) is 7.76. The summed E-state index contributed by atoms with van der Waals surface area (Å²) in [6.07, 6.45) is 14.2. The molecule has 0 amide bonds. The van der Waals surface area contributed by atoms with E-state index in [9.17, 15) is 0 Å². The molecule has 20 heavy (non-hydrogen) atoms. The molecule has 0 radical (unpaired) electrons. The summed E-state index contributed by atoms with van der Waals surface area (Å²) in [7, 11) is 0. The van der Waals surface area contributed by atoms with Gasteiger partial charge in [-0.05, 0) is 50.0 Å². The highest BCUT2D eigenvalue weighted by molar-refractivity contribution is 4.76. The summed E-state index contributed by atoms with van der Waals surface area (Å²) in [4.78, 5) is 0. The lowest BCUT2D eigenvalue weighted by molar-refractivity contribution is 0.337. The molecule has 1 fully saturated rings. The Morgan fingerprint density at radius 1 is 0.850 bits per heavy atom. The molecule has 0 aromatic carbocycles. The van der Waals surface area contributed by atoms with Crippen LogP contribution in [0, 0.1) is 17.8 Å². The van der Waals surface area contributed by atoms with E-state index in [1.807, 2.05) is 0 Å². The van der Waals surface area contributed by atoms with Crippen LogP contribution in [-0.4, -0.2) is 12.6 Å². The Morgan fingerprint density at radius 3 is 2.30 bits per heavy atom. The van der Waals surface area contributed by atoms with Crippen LogP contribution in [-0.2, 0) is 0 Å². The third kappa shape index (κ3) is 8.29. The van der Waals surface area contributed by atoms with Crippen LogP contribution in [0.5, 0.6) is 0 Å². The molecule has 120 valence electrons. The van der Waals surface area contributed by atoms with Crippen LogP contribution in [0.3, 0.4) is 0 Å². The summed E-state index contributed by atoms with van der Waals surface area (Å²) in [5, 5.41) is 3.82. The van der Waals surface area contributed by atoms with Gasteiger partial charge in [-0.15, -0.1) is 0 Å². The minimum absolute atomic E-state index is 0.814. The normalized spacial score (nSPS) is 24.3. The van der Waals surface area contributed by atoms with Crippen LogP contribution >= 0.6 is 0 Å². The van der Waals surface area contributed by atoms with Crippen LogP contribution in [0.25, 0.3) is 0 Å². The molecule has 1 aliphatic rings. The highest BCUT2D eigenvalue weighted by Crippen LogP contribution is 2.28. The maximum absolute atomic E-state index is 3.82. The highest BCUT2D eigenvalue weighted by Gasteiger charge is 2.20. The van der Waals surface area contributed by atoms with Gasteiger partial charge in [-0.3, -0.25) is 0 Å². The highest BCUT2D eigenvalue weighted by atomic mass is 14.9. The Bertz CT molecular complexity index is 222. The Labute approximate surface area is 128 Å².